The van der Waals surface area contributed by atoms with Crippen LogP contribution in [-0.4, -0.2) is 91.2 Å². The van der Waals surface area contributed by atoms with E-state index in [1.165, 1.54) is 96.3 Å². The van der Waals surface area contributed by atoms with Crippen molar-refractivity contribution in [1.29, 1.82) is 0 Å². The second-order valence-electron chi connectivity index (χ2n) is 12.4. The number of rotatable bonds is 6. The van der Waals surface area contributed by atoms with E-state index in [1.807, 2.05) is 0 Å². The smallest absolute Gasteiger partial charge is 0.454 e. The summed E-state index contributed by atoms with van der Waals surface area (Å²) in [5, 5.41) is 30.2. The van der Waals surface area contributed by atoms with Crippen LogP contribution in [0.3, 0.4) is 0 Å². The molecule has 0 aliphatic heterocycles. The molecule has 0 heterocycles. The van der Waals surface area contributed by atoms with Crippen LogP contribution in [0, 0.1) is 98.8 Å². The van der Waals surface area contributed by atoms with Crippen LogP contribution in [-0.2, 0) is 42.5 Å². The number of carbonyl (C=O) groups is 6. The predicted octanol–water partition coefficient (Wildman–Crippen LogP) is 12.6. The number of halogens is 9. The average molecular weight is 1270 g/mol. The predicted molar refractivity (Wildman–Crippen MR) is 211 cm³/mol. The van der Waals surface area contributed by atoms with E-state index in [1.54, 1.807) is 0 Å². The molecule has 3 aliphatic carbocycles. The van der Waals surface area contributed by atoms with E-state index in [0.717, 1.165) is 27.7 Å². The number of carboxylic acids is 3. The molecule has 0 atom stereocenters. The van der Waals surface area contributed by atoms with E-state index in [-0.39, 0.29) is 114 Å². The van der Waals surface area contributed by atoms with Gasteiger partial charge in [0.1, 0.15) is 5.78 Å². The number of ketones is 3. The minimum Gasteiger partial charge on any atom is -0.504 e. The van der Waals surface area contributed by atoms with Crippen LogP contribution in [0.1, 0.15) is 145 Å². The van der Waals surface area contributed by atoms with Crippen molar-refractivity contribution in [2.75, 3.05) is 0 Å². The number of carboxylic acid groups (broad SMARTS) is 3. The second-order valence-corrected chi connectivity index (χ2v) is 15.3. The van der Waals surface area contributed by atoms with Crippen molar-refractivity contribution >= 4 is 60.6 Å². The minimum atomic E-state index is -5.42. The summed E-state index contributed by atoms with van der Waals surface area (Å²) in [6.45, 7) is 4.18. The Labute approximate surface area is 449 Å². The zero-order chi connectivity index (χ0) is 47.4. The van der Waals surface area contributed by atoms with Crippen molar-refractivity contribution in [1.82, 2.24) is 0 Å². The summed E-state index contributed by atoms with van der Waals surface area (Å²) < 4.78 is 133. The Morgan fingerprint density at radius 2 is 0.698 bits per heavy atom. The molecule has 27 heteroatoms. The monoisotopic (exact) mass is 1270 g/mol. The Morgan fingerprint density at radius 1 is 0.476 bits per heavy atom. The molecular weight excluding hydrogens is 1210 g/mol. The quantitative estimate of drug-likeness (QED) is 0.0638. The third-order valence-corrected chi connectivity index (χ3v) is 9.18. The third-order valence-electron chi connectivity index (χ3n) is 6.73. The molecule has 63 heavy (non-hydrogen) atoms. The molecule has 0 amide bonds. The topological polar surface area (TPSA) is 235 Å². The maximum absolute atomic E-state index is 11.4. The fourth-order valence-electron chi connectivity index (χ4n) is 4.17. The molecule has 2 radical (unpaired) electrons. The fraction of sp³-hybridized carbons (Fsp3) is 0.778. The summed E-state index contributed by atoms with van der Waals surface area (Å²) in [6.07, 6.45) is 1.32. The van der Waals surface area contributed by atoms with Gasteiger partial charge in [-0.15, -0.1) is 0 Å². The van der Waals surface area contributed by atoms with Crippen LogP contribution in [0.25, 0.3) is 0 Å². The van der Waals surface area contributed by atoms with Crippen LogP contribution >= 0.6 is 25.4 Å². The largest absolute Gasteiger partial charge is 0.504 e. The molecule has 0 unspecified atom stereocenters. The van der Waals surface area contributed by atoms with Crippen LogP contribution in [0.2, 0.25) is 0 Å². The van der Waals surface area contributed by atoms with Crippen LogP contribution < -0.4 is 0 Å². The number of alkyl halides is 9. The van der Waals surface area contributed by atoms with E-state index in [0.29, 0.717) is 42.4 Å². The van der Waals surface area contributed by atoms with Gasteiger partial charge in [-0.3, -0.25) is 42.5 Å². The fourth-order valence-corrected chi connectivity index (χ4v) is 5.90. The summed E-state index contributed by atoms with van der Waals surface area (Å²) in [5.74, 6) is -10.6. The minimum absolute atomic E-state index is 0. The van der Waals surface area contributed by atoms with Gasteiger partial charge in [-0.2, -0.15) is 39.5 Å². The first-order valence-corrected chi connectivity index (χ1v) is 20.3. The standard InChI is InChI=1S/3C6H11OP.C5H2F6O2.C5H5F3O2.3C2H4O2.2CH4.2Eu/c3*7-8-6-4-2-1-3-5-6;6-4(7,8)2(12)1-3(13)5(9,10)11;1-3(9)2-4(10)5(6,7)8;3*1-2(3)4;;;;/h3*6H,1-5H2;1,12H;2H2,1H3;3*1H3,(H,3,4);2*1H4;;. The zero-order valence-corrected chi connectivity index (χ0v) is 41.1. The number of aliphatic carboxylic acids is 3. The Kier molecular flexibility index (Phi) is 65.4. The summed E-state index contributed by atoms with van der Waals surface area (Å²) in [5.41, 5.74) is 1.51. The van der Waals surface area contributed by atoms with Crippen LogP contribution in [0.4, 0.5) is 39.5 Å². The van der Waals surface area contributed by atoms with Gasteiger partial charge in [-0.1, -0.05) is 72.6 Å². The number of hydrogen-bond donors (Lipinski definition) is 4. The molecule has 0 saturated heterocycles. The molecule has 3 saturated carbocycles. The number of hydrogen-bond acceptors (Lipinski definition) is 10. The van der Waals surface area contributed by atoms with Crippen molar-refractivity contribution in [3.8, 4) is 0 Å². The van der Waals surface area contributed by atoms with Gasteiger partial charge < -0.3 is 20.4 Å². The third kappa shape index (κ3) is 71.0. The molecule has 3 aliphatic rings. The summed E-state index contributed by atoms with van der Waals surface area (Å²) >= 11 is 0. The molecule has 0 aromatic carbocycles. The Bertz CT molecular complexity index is 1200. The van der Waals surface area contributed by atoms with Gasteiger partial charge in [0.15, 0.2) is 25.4 Å². The first-order valence-electron chi connectivity index (χ1n) is 17.6. The van der Waals surface area contributed by atoms with Gasteiger partial charge in [-0.05, 0) is 45.4 Å². The Balaban J connectivity index is -0.0000000770. The molecule has 3 fully saturated rings. The van der Waals surface area contributed by atoms with E-state index in [9.17, 15) is 67.6 Å². The van der Waals surface area contributed by atoms with E-state index >= 15 is 0 Å². The number of allylic oxidation sites excluding steroid dienone is 2. The summed E-state index contributed by atoms with van der Waals surface area (Å²) in [6, 6.07) is 0. The van der Waals surface area contributed by atoms with Crippen molar-refractivity contribution < 1.29 is 201 Å². The van der Waals surface area contributed by atoms with Gasteiger partial charge in [0, 0.05) is 143 Å². The summed E-state index contributed by atoms with van der Waals surface area (Å²) in [7, 11) is 1.13. The van der Waals surface area contributed by atoms with Gasteiger partial charge in [0.05, 0.1) is 6.42 Å². The molecule has 0 aromatic heterocycles. The first-order chi connectivity index (χ1) is 26.9. The average Bonchev–Trinajstić information content (AvgIpc) is 3.11. The molecular formula is C36H60Eu2F9O13P3. The number of Topliss-reactive ketones (excluding diaryl/α,β-unsaturated/α-hetero) is 2. The number of aliphatic hydroxyl groups excluding tert-OH is 1. The van der Waals surface area contributed by atoms with Crippen molar-refractivity contribution in [3.05, 3.63) is 11.8 Å². The molecule has 3 rings (SSSR count). The van der Waals surface area contributed by atoms with Crippen molar-refractivity contribution in [3.63, 3.8) is 0 Å². The first kappa shape index (κ1) is 82.9. The van der Waals surface area contributed by atoms with Crippen molar-refractivity contribution in [2.45, 2.75) is 181 Å². The molecule has 13 nitrogen and oxygen atoms in total. The normalized spacial score (nSPS) is 15.1. The van der Waals surface area contributed by atoms with Crippen LogP contribution in [0.5, 0.6) is 0 Å². The maximum atomic E-state index is 11.4. The summed E-state index contributed by atoms with van der Waals surface area (Å²) in [4.78, 5) is 56.8. The molecule has 0 bridgehead atoms. The van der Waals surface area contributed by atoms with E-state index < -0.39 is 72.0 Å². The van der Waals surface area contributed by atoms with Gasteiger partial charge in [0.25, 0.3) is 23.7 Å². The van der Waals surface area contributed by atoms with E-state index in [4.69, 9.17) is 34.8 Å². The number of carbonyl (C=O) groups excluding carboxylic acids is 3. The number of aliphatic hydroxyl groups is 1. The SMILES string of the molecule is C.C.CC(=O)CC(=O)C(F)(F)F.CC(=O)O.CC(=O)O.CC(=O)O.O=C(C=C(O)C(F)(F)F)C(F)(F)F.O=PC1CCCCC1.O=PC1CCCCC1.O=PC1CCCCC1.[Eu].[Eu]. The molecule has 0 spiro atoms. The van der Waals surface area contributed by atoms with Gasteiger partial charge in [0.2, 0.25) is 11.5 Å². The molecule has 374 valence electrons. The Hall–Kier alpha value is -0.201. The zero-order valence-electron chi connectivity index (χ0n) is 33.6. The van der Waals surface area contributed by atoms with Crippen LogP contribution in [0.15, 0.2) is 11.8 Å². The van der Waals surface area contributed by atoms with Crippen molar-refractivity contribution in [2.24, 2.45) is 0 Å². The van der Waals surface area contributed by atoms with E-state index in [2.05, 4.69) is 0 Å². The molecule has 4 N–H and O–H groups in total. The van der Waals surface area contributed by atoms with Gasteiger partial charge >= 0.3 is 18.5 Å². The second kappa shape index (κ2) is 49.7. The van der Waals surface area contributed by atoms with Gasteiger partial charge in [-0.25, -0.2) is 0 Å². The molecule has 0 aromatic rings. The maximum Gasteiger partial charge on any atom is 0.454 e. The Morgan fingerprint density at radius 3 is 0.810 bits per heavy atom.